The van der Waals surface area contributed by atoms with Crippen molar-refractivity contribution in [1.29, 1.82) is 0 Å². The van der Waals surface area contributed by atoms with Gasteiger partial charge in [0.15, 0.2) is 5.96 Å². The van der Waals surface area contributed by atoms with E-state index in [-0.39, 0.29) is 24.0 Å². The standard InChI is InChI=1S/C16H26N4S2.HI/c1-17-15(19-8-5-14-18-9-11-21-14)20-10-12-22-16(13-20)6-3-2-4-7-16;/h9,11H,2-8,10,12-13H2,1H3,(H,17,19);1H. The first-order valence-electron chi connectivity index (χ1n) is 8.29. The van der Waals surface area contributed by atoms with Gasteiger partial charge in [0.05, 0.1) is 5.01 Å². The van der Waals surface area contributed by atoms with Crippen molar-refractivity contribution >= 4 is 53.0 Å². The molecule has 2 aliphatic rings. The van der Waals surface area contributed by atoms with E-state index in [2.05, 4.69) is 32.0 Å². The molecule has 1 aliphatic carbocycles. The van der Waals surface area contributed by atoms with E-state index in [0.717, 1.165) is 32.0 Å². The van der Waals surface area contributed by atoms with Crippen LogP contribution >= 0.6 is 47.1 Å². The number of nitrogens with zero attached hydrogens (tertiary/aromatic N) is 3. The number of guanidine groups is 1. The first kappa shape index (κ1) is 19.3. The summed E-state index contributed by atoms with van der Waals surface area (Å²) in [5.74, 6) is 2.30. The van der Waals surface area contributed by atoms with Crippen LogP contribution in [0.5, 0.6) is 0 Å². The molecule has 1 aromatic rings. The molecule has 0 aromatic carbocycles. The monoisotopic (exact) mass is 466 g/mol. The Morgan fingerprint density at radius 3 is 2.91 bits per heavy atom. The van der Waals surface area contributed by atoms with Gasteiger partial charge in [-0.15, -0.1) is 35.3 Å². The molecule has 0 atom stereocenters. The van der Waals surface area contributed by atoms with Crippen molar-refractivity contribution in [3.8, 4) is 0 Å². The first-order valence-corrected chi connectivity index (χ1v) is 10.2. The van der Waals surface area contributed by atoms with Crippen molar-refractivity contribution < 1.29 is 0 Å². The number of hydrogen-bond acceptors (Lipinski definition) is 4. The Labute approximate surface area is 164 Å². The molecule has 1 saturated heterocycles. The van der Waals surface area contributed by atoms with Gasteiger partial charge in [-0.25, -0.2) is 4.98 Å². The largest absolute Gasteiger partial charge is 0.356 e. The zero-order valence-corrected chi connectivity index (χ0v) is 17.8. The van der Waals surface area contributed by atoms with Crippen LogP contribution in [0.25, 0.3) is 0 Å². The highest BCUT2D eigenvalue weighted by atomic mass is 127. The maximum absolute atomic E-state index is 4.51. The number of thiazole rings is 1. The van der Waals surface area contributed by atoms with Gasteiger partial charge in [-0.05, 0) is 12.8 Å². The van der Waals surface area contributed by atoms with Crippen LogP contribution in [-0.2, 0) is 6.42 Å². The molecule has 1 aromatic heterocycles. The molecule has 0 radical (unpaired) electrons. The van der Waals surface area contributed by atoms with E-state index in [4.69, 9.17) is 0 Å². The molecule has 1 saturated carbocycles. The van der Waals surface area contributed by atoms with Gasteiger partial charge in [0.2, 0.25) is 0 Å². The van der Waals surface area contributed by atoms with Gasteiger partial charge in [0.1, 0.15) is 0 Å². The van der Waals surface area contributed by atoms with E-state index in [9.17, 15) is 0 Å². The van der Waals surface area contributed by atoms with Crippen LogP contribution in [0.15, 0.2) is 16.6 Å². The first-order chi connectivity index (χ1) is 10.8. The van der Waals surface area contributed by atoms with Gasteiger partial charge in [-0.2, -0.15) is 11.8 Å². The van der Waals surface area contributed by atoms with Crippen LogP contribution in [-0.4, -0.2) is 53.0 Å². The third kappa shape index (κ3) is 5.22. The molecule has 0 unspecified atom stereocenters. The molecule has 2 heterocycles. The lowest BCUT2D eigenvalue weighted by molar-refractivity contribution is 0.293. The molecule has 3 rings (SSSR count). The molecule has 1 N–H and O–H groups in total. The lowest BCUT2D eigenvalue weighted by Crippen LogP contribution is -2.53. The third-order valence-electron chi connectivity index (χ3n) is 4.63. The van der Waals surface area contributed by atoms with Gasteiger partial charge in [0, 0.05) is 55.2 Å². The second kappa shape index (κ2) is 9.46. The molecule has 2 fully saturated rings. The summed E-state index contributed by atoms with van der Waals surface area (Å²) in [6.45, 7) is 3.19. The minimum atomic E-state index is 0. The van der Waals surface area contributed by atoms with Gasteiger partial charge >= 0.3 is 0 Å². The molecule has 1 aliphatic heterocycles. The number of rotatable bonds is 3. The number of nitrogens with one attached hydrogen (secondary N) is 1. The van der Waals surface area contributed by atoms with Crippen molar-refractivity contribution in [2.45, 2.75) is 43.3 Å². The quantitative estimate of drug-likeness (QED) is 0.420. The summed E-state index contributed by atoms with van der Waals surface area (Å²) in [6.07, 6.45) is 9.83. The fourth-order valence-electron chi connectivity index (χ4n) is 3.51. The second-order valence-corrected chi connectivity index (χ2v) is 8.71. The fourth-order valence-corrected chi connectivity index (χ4v) is 5.70. The van der Waals surface area contributed by atoms with E-state index < -0.39 is 0 Å². The molecular formula is C16H27IN4S2. The van der Waals surface area contributed by atoms with Crippen LogP contribution in [0.1, 0.15) is 37.1 Å². The van der Waals surface area contributed by atoms with Crippen LogP contribution < -0.4 is 5.32 Å². The second-order valence-electron chi connectivity index (χ2n) is 6.16. The summed E-state index contributed by atoms with van der Waals surface area (Å²) in [7, 11) is 1.90. The van der Waals surface area contributed by atoms with E-state index in [1.807, 2.05) is 18.6 Å². The number of aromatic nitrogens is 1. The van der Waals surface area contributed by atoms with Crippen molar-refractivity contribution in [3.05, 3.63) is 16.6 Å². The van der Waals surface area contributed by atoms with Gasteiger partial charge in [-0.1, -0.05) is 19.3 Å². The number of thioether (sulfide) groups is 1. The van der Waals surface area contributed by atoms with Crippen LogP contribution in [0.2, 0.25) is 0 Å². The molecule has 4 nitrogen and oxygen atoms in total. The summed E-state index contributed by atoms with van der Waals surface area (Å²) in [5.41, 5.74) is 0. The van der Waals surface area contributed by atoms with E-state index in [1.54, 1.807) is 11.3 Å². The lowest BCUT2D eigenvalue weighted by Gasteiger charge is -2.45. The van der Waals surface area contributed by atoms with E-state index >= 15 is 0 Å². The zero-order chi connectivity index (χ0) is 15.3. The normalized spacial score (nSPS) is 21.1. The molecule has 130 valence electrons. The maximum Gasteiger partial charge on any atom is 0.193 e. The van der Waals surface area contributed by atoms with Gasteiger partial charge in [-0.3, -0.25) is 4.99 Å². The summed E-state index contributed by atoms with van der Waals surface area (Å²) < 4.78 is 0.490. The van der Waals surface area contributed by atoms with Crippen LogP contribution in [0, 0.1) is 0 Å². The average molecular weight is 466 g/mol. The third-order valence-corrected chi connectivity index (χ3v) is 7.01. The van der Waals surface area contributed by atoms with Crippen LogP contribution in [0.4, 0.5) is 0 Å². The van der Waals surface area contributed by atoms with Gasteiger partial charge < -0.3 is 10.2 Å². The fraction of sp³-hybridized carbons (Fsp3) is 0.750. The lowest BCUT2D eigenvalue weighted by atomic mass is 9.87. The summed E-state index contributed by atoms with van der Waals surface area (Å²) in [6, 6.07) is 0. The van der Waals surface area contributed by atoms with Crippen molar-refractivity contribution in [1.82, 2.24) is 15.2 Å². The summed E-state index contributed by atoms with van der Waals surface area (Å²) >= 11 is 3.93. The number of hydrogen-bond donors (Lipinski definition) is 1. The number of aliphatic imine (C=N–C) groups is 1. The Morgan fingerprint density at radius 1 is 1.39 bits per heavy atom. The molecular weight excluding hydrogens is 439 g/mol. The summed E-state index contributed by atoms with van der Waals surface area (Å²) in [4.78, 5) is 11.3. The highest BCUT2D eigenvalue weighted by Gasteiger charge is 2.38. The molecule has 1 spiro atoms. The Bertz CT molecular complexity index is 481. The highest BCUT2D eigenvalue weighted by molar-refractivity contribution is 14.0. The maximum atomic E-state index is 4.51. The molecule has 0 bridgehead atoms. The highest BCUT2D eigenvalue weighted by Crippen LogP contribution is 2.42. The van der Waals surface area contributed by atoms with E-state index in [1.165, 1.54) is 42.9 Å². The Kier molecular flexibility index (Phi) is 7.94. The Morgan fingerprint density at radius 2 is 2.22 bits per heavy atom. The smallest absolute Gasteiger partial charge is 0.193 e. The SMILES string of the molecule is CN=C(NCCc1nccs1)N1CCSC2(CCCCC2)C1.I. The van der Waals surface area contributed by atoms with Crippen LogP contribution in [0.3, 0.4) is 0 Å². The van der Waals surface area contributed by atoms with E-state index in [0.29, 0.717) is 4.75 Å². The topological polar surface area (TPSA) is 40.5 Å². The Hall–Kier alpha value is -0.0200. The Balaban J connectivity index is 0.00000192. The molecule has 7 heteroatoms. The summed E-state index contributed by atoms with van der Waals surface area (Å²) in [5, 5.41) is 6.77. The van der Waals surface area contributed by atoms with Crippen molar-refractivity contribution in [2.24, 2.45) is 4.99 Å². The van der Waals surface area contributed by atoms with Gasteiger partial charge in [0.25, 0.3) is 0 Å². The number of halogens is 1. The molecule has 23 heavy (non-hydrogen) atoms. The van der Waals surface area contributed by atoms with Crippen molar-refractivity contribution in [3.63, 3.8) is 0 Å². The van der Waals surface area contributed by atoms with Crippen molar-refractivity contribution in [2.75, 3.05) is 32.4 Å². The predicted octanol–water partition coefficient (Wildman–Crippen LogP) is 3.63. The average Bonchev–Trinajstić information content (AvgIpc) is 3.06. The minimum absolute atomic E-state index is 0. The zero-order valence-electron chi connectivity index (χ0n) is 13.8. The molecule has 0 amide bonds. The predicted molar refractivity (Wildman–Crippen MR) is 112 cm³/mol. The minimum Gasteiger partial charge on any atom is -0.356 e.